The van der Waals surface area contributed by atoms with Crippen molar-refractivity contribution in [2.24, 2.45) is 0 Å². The minimum absolute atomic E-state index is 0.230. The topological polar surface area (TPSA) is 44.0 Å². The van der Waals surface area contributed by atoms with Gasteiger partial charge in [-0.3, -0.25) is 0 Å². The van der Waals surface area contributed by atoms with Crippen LogP contribution in [0.4, 0.5) is 4.39 Å². The lowest BCUT2D eigenvalue weighted by Crippen LogP contribution is -2.02. The third kappa shape index (κ3) is 2.04. The molecule has 1 rings (SSSR count). The second-order valence-electron chi connectivity index (χ2n) is 2.73. The number of nitrogens with zero attached hydrogens (tertiary/aromatic N) is 1. The highest BCUT2D eigenvalue weighted by atomic mass is 19.1. The van der Waals surface area contributed by atoms with E-state index in [1.54, 1.807) is 0 Å². The summed E-state index contributed by atoms with van der Waals surface area (Å²) in [6.07, 6.45) is 0. The third-order valence-electron chi connectivity index (χ3n) is 1.79. The lowest BCUT2D eigenvalue weighted by atomic mass is 9.99. The van der Waals surface area contributed by atoms with E-state index >= 15 is 0 Å². The summed E-state index contributed by atoms with van der Waals surface area (Å²) in [6.45, 7) is 3.33. The Morgan fingerprint density at radius 1 is 1.62 bits per heavy atom. The molecule has 0 amide bonds. The SMILES string of the molecule is [CH2]C(CO)c1cc(C#N)ccc1F. The van der Waals surface area contributed by atoms with Crippen molar-refractivity contribution in [3.8, 4) is 6.07 Å². The number of hydrogen-bond acceptors (Lipinski definition) is 2. The molecular weight excluding hydrogens is 169 g/mol. The first-order valence-electron chi connectivity index (χ1n) is 3.82. The molecule has 67 valence electrons. The maximum atomic E-state index is 13.1. The molecule has 1 aromatic rings. The lowest BCUT2D eigenvalue weighted by molar-refractivity contribution is 0.280. The van der Waals surface area contributed by atoms with Crippen molar-refractivity contribution in [3.63, 3.8) is 0 Å². The second-order valence-corrected chi connectivity index (χ2v) is 2.73. The predicted octanol–water partition coefficient (Wildman–Crippen LogP) is 1.61. The Hall–Kier alpha value is -1.40. The predicted molar refractivity (Wildman–Crippen MR) is 46.3 cm³/mol. The molecule has 13 heavy (non-hydrogen) atoms. The number of aliphatic hydroxyl groups excluding tert-OH is 1. The van der Waals surface area contributed by atoms with Crippen LogP contribution in [0.15, 0.2) is 18.2 Å². The van der Waals surface area contributed by atoms with Crippen LogP contribution in [-0.2, 0) is 0 Å². The largest absolute Gasteiger partial charge is 0.396 e. The average molecular weight is 178 g/mol. The number of nitriles is 1. The molecule has 1 radical (unpaired) electrons. The van der Waals surface area contributed by atoms with E-state index in [1.165, 1.54) is 18.2 Å². The van der Waals surface area contributed by atoms with Crippen molar-refractivity contribution < 1.29 is 9.50 Å². The molecule has 0 saturated heterocycles. The summed E-state index contributed by atoms with van der Waals surface area (Å²) in [5.41, 5.74) is 0.653. The highest BCUT2D eigenvalue weighted by molar-refractivity contribution is 5.35. The van der Waals surface area contributed by atoms with Crippen LogP contribution in [0.25, 0.3) is 0 Å². The summed E-state index contributed by atoms with van der Waals surface area (Å²) in [7, 11) is 0. The molecule has 0 heterocycles. The van der Waals surface area contributed by atoms with Gasteiger partial charge in [0.2, 0.25) is 0 Å². The van der Waals surface area contributed by atoms with Gasteiger partial charge in [0, 0.05) is 5.92 Å². The molecule has 1 aromatic carbocycles. The lowest BCUT2D eigenvalue weighted by Gasteiger charge is -2.08. The van der Waals surface area contributed by atoms with Gasteiger partial charge in [-0.25, -0.2) is 4.39 Å². The van der Waals surface area contributed by atoms with Gasteiger partial charge in [-0.05, 0) is 30.7 Å². The first kappa shape index (κ1) is 9.69. The summed E-state index contributed by atoms with van der Waals surface area (Å²) in [4.78, 5) is 0. The van der Waals surface area contributed by atoms with Crippen molar-refractivity contribution in [3.05, 3.63) is 42.1 Å². The van der Waals surface area contributed by atoms with Gasteiger partial charge in [-0.2, -0.15) is 5.26 Å². The van der Waals surface area contributed by atoms with Gasteiger partial charge in [-0.1, -0.05) is 0 Å². The molecule has 0 bridgehead atoms. The van der Waals surface area contributed by atoms with E-state index in [-0.39, 0.29) is 12.2 Å². The van der Waals surface area contributed by atoms with Crippen molar-refractivity contribution in [2.45, 2.75) is 5.92 Å². The zero-order valence-corrected chi connectivity index (χ0v) is 7.00. The molecule has 1 N–H and O–H groups in total. The van der Waals surface area contributed by atoms with Crippen molar-refractivity contribution in [2.75, 3.05) is 6.61 Å². The number of hydrogen-bond donors (Lipinski definition) is 1. The van der Waals surface area contributed by atoms with Gasteiger partial charge in [0.15, 0.2) is 0 Å². The van der Waals surface area contributed by atoms with Crippen LogP contribution in [0.3, 0.4) is 0 Å². The Labute approximate surface area is 76.2 Å². The monoisotopic (exact) mass is 178 g/mol. The van der Waals surface area contributed by atoms with Crippen molar-refractivity contribution in [1.29, 1.82) is 5.26 Å². The summed E-state index contributed by atoms with van der Waals surface area (Å²) in [5.74, 6) is -0.957. The Morgan fingerprint density at radius 2 is 2.31 bits per heavy atom. The molecule has 0 saturated carbocycles. The maximum Gasteiger partial charge on any atom is 0.126 e. The third-order valence-corrected chi connectivity index (χ3v) is 1.79. The van der Waals surface area contributed by atoms with E-state index in [1.807, 2.05) is 6.07 Å². The smallest absolute Gasteiger partial charge is 0.126 e. The molecule has 3 heteroatoms. The molecule has 0 aliphatic carbocycles. The molecule has 1 unspecified atom stereocenters. The molecular formula is C10H9FNO. The number of halogens is 1. The van der Waals surface area contributed by atoms with E-state index in [0.29, 0.717) is 5.56 Å². The van der Waals surface area contributed by atoms with Crippen LogP contribution < -0.4 is 0 Å². The molecule has 0 fully saturated rings. The molecule has 2 nitrogen and oxygen atoms in total. The van der Waals surface area contributed by atoms with Gasteiger partial charge < -0.3 is 5.11 Å². The Balaban J connectivity index is 3.12. The first-order valence-corrected chi connectivity index (χ1v) is 3.82. The fraction of sp³-hybridized carbons (Fsp3) is 0.200. The highest BCUT2D eigenvalue weighted by Crippen LogP contribution is 2.19. The van der Waals surface area contributed by atoms with Crippen molar-refractivity contribution >= 4 is 0 Å². The van der Waals surface area contributed by atoms with Gasteiger partial charge >= 0.3 is 0 Å². The number of aliphatic hydroxyl groups is 1. The van der Waals surface area contributed by atoms with E-state index < -0.39 is 11.7 Å². The average Bonchev–Trinajstić information content (AvgIpc) is 2.17. The van der Waals surface area contributed by atoms with Crippen LogP contribution in [-0.4, -0.2) is 11.7 Å². The van der Waals surface area contributed by atoms with Crippen molar-refractivity contribution in [1.82, 2.24) is 0 Å². The Bertz CT molecular complexity index is 343. The van der Waals surface area contributed by atoms with Crippen LogP contribution in [0, 0.1) is 24.1 Å². The molecule has 1 atom stereocenters. The minimum atomic E-state index is -0.520. The van der Waals surface area contributed by atoms with Crippen LogP contribution in [0.1, 0.15) is 17.0 Å². The minimum Gasteiger partial charge on any atom is -0.396 e. The summed E-state index contributed by atoms with van der Waals surface area (Å²) in [5, 5.41) is 17.3. The zero-order chi connectivity index (χ0) is 9.84. The normalized spacial score (nSPS) is 12.2. The Morgan fingerprint density at radius 3 is 2.85 bits per heavy atom. The summed E-state index contributed by atoms with van der Waals surface area (Å²) < 4.78 is 13.1. The second kappa shape index (κ2) is 4.01. The van der Waals surface area contributed by atoms with E-state index in [9.17, 15) is 4.39 Å². The van der Waals surface area contributed by atoms with Crippen LogP contribution >= 0.6 is 0 Å². The van der Waals surface area contributed by atoms with Gasteiger partial charge in [0.05, 0.1) is 18.2 Å². The van der Waals surface area contributed by atoms with Crippen LogP contribution in [0.2, 0.25) is 0 Å². The Kier molecular flexibility index (Phi) is 2.99. The standard InChI is InChI=1S/C10H9FNO/c1-7(6-13)9-4-8(5-12)2-3-10(9)11/h2-4,7,13H,1,6H2. The quantitative estimate of drug-likeness (QED) is 0.747. The molecule has 0 aliphatic heterocycles. The van der Waals surface area contributed by atoms with Gasteiger partial charge in [-0.15, -0.1) is 0 Å². The highest BCUT2D eigenvalue weighted by Gasteiger charge is 2.10. The molecule has 0 aliphatic rings. The zero-order valence-electron chi connectivity index (χ0n) is 7.00. The van der Waals surface area contributed by atoms with Gasteiger partial charge in [0.25, 0.3) is 0 Å². The van der Waals surface area contributed by atoms with Crippen LogP contribution in [0.5, 0.6) is 0 Å². The molecule has 0 aromatic heterocycles. The fourth-order valence-electron chi connectivity index (χ4n) is 1.02. The van der Waals surface area contributed by atoms with Gasteiger partial charge in [0.1, 0.15) is 5.82 Å². The van der Waals surface area contributed by atoms with E-state index in [4.69, 9.17) is 10.4 Å². The summed E-state index contributed by atoms with van der Waals surface area (Å²) in [6, 6.07) is 5.91. The number of rotatable bonds is 2. The van der Waals surface area contributed by atoms with E-state index in [0.717, 1.165) is 0 Å². The maximum absolute atomic E-state index is 13.1. The fourth-order valence-corrected chi connectivity index (χ4v) is 1.02. The van der Waals surface area contributed by atoms with E-state index in [2.05, 4.69) is 6.92 Å². The molecule has 0 spiro atoms. The summed E-state index contributed by atoms with van der Waals surface area (Å²) >= 11 is 0. The first-order chi connectivity index (χ1) is 6.19. The number of benzene rings is 1.